The summed E-state index contributed by atoms with van der Waals surface area (Å²) in [4.78, 5) is 43.4. The molecule has 3 N–H and O–H groups in total. The molecule has 4 aliphatic heterocycles. The van der Waals surface area contributed by atoms with Crippen molar-refractivity contribution in [2.45, 2.75) is 57.0 Å². The largest absolute Gasteiger partial charge is 0.457 e. The molecule has 3 atom stereocenters. The number of ether oxygens (including phenoxy) is 1. The maximum Gasteiger partial charge on any atom is 0.326 e. The fourth-order valence-corrected chi connectivity index (χ4v) is 7.64. The summed E-state index contributed by atoms with van der Waals surface area (Å²) in [7, 11) is 0. The number of thioether (sulfide) groups is 1. The van der Waals surface area contributed by atoms with Crippen LogP contribution < -0.4 is 25.6 Å². The zero-order valence-corrected chi connectivity index (χ0v) is 23.6. The van der Waals surface area contributed by atoms with Crippen molar-refractivity contribution in [3.63, 3.8) is 0 Å². The highest BCUT2D eigenvalue weighted by molar-refractivity contribution is 8.04. The van der Waals surface area contributed by atoms with E-state index in [0.29, 0.717) is 30.2 Å². The summed E-state index contributed by atoms with van der Waals surface area (Å²) in [6.45, 7) is 5.95. The molecule has 0 aromatic heterocycles. The number of carbonyl (C=O) groups excluding carboxylic acids is 3. The van der Waals surface area contributed by atoms with Gasteiger partial charge in [0.1, 0.15) is 11.5 Å². The summed E-state index contributed by atoms with van der Waals surface area (Å²) in [5, 5.41) is 9.85. The molecule has 6 rings (SSSR count). The Morgan fingerprint density at radius 3 is 2.58 bits per heavy atom. The van der Waals surface area contributed by atoms with Crippen LogP contribution in [0.2, 0.25) is 0 Å². The Balaban J connectivity index is 1.19. The van der Waals surface area contributed by atoms with Crippen LogP contribution in [0.25, 0.3) is 0 Å². The smallest absolute Gasteiger partial charge is 0.326 e. The van der Waals surface area contributed by atoms with Crippen LogP contribution in [0.1, 0.15) is 38.2 Å². The van der Waals surface area contributed by atoms with E-state index in [9.17, 15) is 14.4 Å². The fraction of sp³-hybridized carbons (Fsp3) is 0.433. The molecule has 4 amide bonds. The SMILES string of the molecule is CCC(=O)N1CCC(NC(=O)C2=C3NC(=O)N(c4ccc(Oc5ccccc5)cc4C)C4CCNC(S2)C34)CC1. The molecule has 2 aromatic rings. The van der Waals surface area contributed by atoms with Crippen molar-refractivity contribution in [1.82, 2.24) is 20.9 Å². The Morgan fingerprint density at radius 2 is 1.85 bits per heavy atom. The zero-order chi connectivity index (χ0) is 27.8. The van der Waals surface area contributed by atoms with Gasteiger partial charge in [0.15, 0.2) is 0 Å². The maximum atomic E-state index is 13.6. The Labute approximate surface area is 238 Å². The number of likely N-dealkylation sites (tertiary alicyclic amines) is 1. The minimum absolute atomic E-state index is 0.0131. The standard InChI is InChI=1S/C30H35N5O4S/c1-3-24(36)34-15-12-19(13-16-34)32-28(37)27-26-25-23(11-14-31-29(25)40-27)35(30(38)33-26)22-10-9-21(17-18(22)2)39-20-7-5-4-6-8-20/h4-10,17,19,23,25,29,31H,3,11-16H2,1-2H3,(H,32,37)(H,33,38). The van der Waals surface area contributed by atoms with Gasteiger partial charge in [-0.2, -0.15) is 0 Å². The van der Waals surface area contributed by atoms with E-state index < -0.39 is 0 Å². The second-order valence-electron chi connectivity index (χ2n) is 10.8. The van der Waals surface area contributed by atoms with Crippen molar-refractivity contribution in [2.24, 2.45) is 5.92 Å². The first-order valence-corrected chi connectivity index (χ1v) is 15.0. The lowest BCUT2D eigenvalue weighted by Gasteiger charge is -2.46. The first kappa shape index (κ1) is 26.7. The molecular weight excluding hydrogens is 526 g/mol. The molecule has 9 nitrogen and oxygen atoms in total. The molecule has 3 unspecified atom stereocenters. The monoisotopic (exact) mass is 561 g/mol. The van der Waals surface area contributed by atoms with Crippen LogP contribution in [0.15, 0.2) is 59.1 Å². The molecule has 3 fully saturated rings. The summed E-state index contributed by atoms with van der Waals surface area (Å²) in [6, 6.07) is 15.2. The van der Waals surface area contributed by atoms with Crippen molar-refractivity contribution in [2.75, 3.05) is 24.5 Å². The highest BCUT2D eigenvalue weighted by Gasteiger charge is 2.52. The number of hydrogen-bond acceptors (Lipinski definition) is 6. The molecule has 0 saturated carbocycles. The van der Waals surface area contributed by atoms with Crippen LogP contribution in [0.3, 0.4) is 0 Å². The number of para-hydroxylation sites is 1. The summed E-state index contributed by atoms with van der Waals surface area (Å²) in [5.74, 6) is 1.48. The minimum atomic E-state index is -0.212. The summed E-state index contributed by atoms with van der Waals surface area (Å²) in [5.41, 5.74) is 2.52. The van der Waals surface area contributed by atoms with Crippen molar-refractivity contribution in [3.05, 3.63) is 64.7 Å². The fourth-order valence-electron chi connectivity index (χ4n) is 6.24. The van der Waals surface area contributed by atoms with Crippen LogP contribution in [0, 0.1) is 12.8 Å². The van der Waals surface area contributed by atoms with Gasteiger partial charge >= 0.3 is 6.03 Å². The second-order valence-corrected chi connectivity index (χ2v) is 11.9. The van der Waals surface area contributed by atoms with Gasteiger partial charge in [-0.25, -0.2) is 4.79 Å². The molecule has 210 valence electrons. The van der Waals surface area contributed by atoms with Gasteiger partial charge in [-0.15, -0.1) is 0 Å². The number of carbonyl (C=O) groups is 3. The number of aryl methyl sites for hydroxylation is 1. The number of anilines is 1. The number of rotatable bonds is 6. The van der Waals surface area contributed by atoms with E-state index in [4.69, 9.17) is 4.74 Å². The Hall–Kier alpha value is -3.50. The number of hydrogen-bond donors (Lipinski definition) is 3. The molecule has 4 heterocycles. The molecule has 2 aromatic carbocycles. The number of benzene rings is 2. The lowest BCUT2D eigenvalue weighted by molar-refractivity contribution is -0.132. The van der Waals surface area contributed by atoms with Crippen molar-refractivity contribution in [3.8, 4) is 11.5 Å². The third kappa shape index (κ3) is 5.06. The van der Waals surface area contributed by atoms with Crippen LogP contribution in [-0.4, -0.2) is 59.8 Å². The lowest BCUT2D eigenvalue weighted by atomic mass is 9.86. The second kappa shape index (κ2) is 11.2. The van der Waals surface area contributed by atoms with Crippen LogP contribution in [0.4, 0.5) is 10.5 Å². The molecule has 10 heteroatoms. The summed E-state index contributed by atoms with van der Waals surface area (Å²) >= 11 is 1.51. The van der Waals surface area contributed by atoms with Gasteiger partial charge in [-0.1, -0.05) is 36.9 Å². The average Bonchev–Trinajstić information content (AvgIpc) is 3.34. The summed E-state index contributed by atoms with van der Waals surface area (Å²) < 4.78 is 6.00. The first-order chi connectivity index (χ1) is 19.4. The van der Waals surface area contributed by atoms with Crippen molar-refractivity contribution < 1.29 is 19.1 Å². The Kier molecular flexibility index (Phi) is 7.46. The van der Waals surface area contributed by atoms with Crippen LogP contribution in [-0.2, 0) is 9.59 Å². The molecule has 0 aliphatic carbocycles. The van der Waals surface area contributed by atoms with E-state index in [1.165, 1.54) is 11.8 Å². The van der Waals surface area contributed by atoms with E-state index in [1.54, 1.807) is 0 Å². The lowest BCUT2D eigenvalue weighted by Crippen LogP contribution is -2.62. The molecule has 4 aliphatic rings. The van der Waals surface area contributed by atoms with Gasteiger partial charge in [0.05, 0.1) is 16.3 Å². The summed E-state index contributed by atoms with van der Waals surface area (Å²) in [6.07, 6.45) is 2.77. The van der Waals surface area contributed by atoms with Crippen LogP contribution in [0.5, 0.6) is 11.5 Å². The van der Waals surface area contributed by atoms with E-state index in [2.05, 4.69) is 16.0 Å². The average molecular weight is 562 g/mol. The van der Waals surface area contributed by atoms with Gasteiger partial charge in [-0.05, 0) is 68.6 Å². The molecule has 40 heavy (non-hydrogen) atoms. The molecule has 0 bridgehead atoms. The molecular formula is C30H35N5O4S. The van der Waals surface area contributed by atoms with Crippen molar-refractivity contribution >= 4 is 35.3 Å². The van der Waals surface area contributed by atoms with E-state index in [0.717, 1.165) is 48.5 Å². The third-order valence-electron chi connectivity index (χ3n) is 8.24. The van der Waals surface area contributed by atoms with E-state index in [1.807, 2.05) is 72.2 Å². The van der Waals surface area contributed by atoms with Gasteiger partial charge in [0.25, 0.3) is 5.91 Å². The predicted molar refractivity (Wildman–Crippen MR) is 155 cm³/mol. The number of piperidine rings is 2. The topological polar surface area (TPSA) is 103 Å². The Morgan fingerprint density at radius 1 is 1.07 bits per heavy atom. The number of nitrogens with one attached hydrogen (secondary N) is 3. The van der Waals surface area contributed by atoms with E-state index >= 15 is 0 Å². The molecule has 0 spiro atoms. The third-order valence-corrected chi connectivity index (χ3v) is 9.59. The van der Waals surface area contributed by atoms with E-state index in [-0.39, 0.29) is 41.2 Å². The van der Waals surface area contributed by atoms with Gasteiger partial charge in [0, 0.05) is 42.9 Å². The highest BCUT2D eigenvalue weighted by Crippen LogP contribution is 2.48. The minimum Gasteiger partial charge on any atom is -0.457 e. The maximum absolute atomic E-state index is 13.6. The van der Waals surface area contributed by atoms with Gasteiger partial charge in [-0.3, -0.25) is 14.5 Å². The highest BCUT2D eigenvalue weighted by atomic mass is 32.2. The predicted octanol–water partition coefficient (Wildman–Crippen LogP) is 4.10. The number of nitrogens with zero attached hydrogens (tertiary/aromatic N) is 2. The molecule has 0 radical (unpaired) electrons. The number of amides is 4. The normalized spacial score (nSPS) is 24.4. The zero-order valence-electron chi connectivity index (χ0n) is 22.8. The van der Waals surface area contributed by atoms with Gasteiger partial charge < -0.3 is 25.6 Å². The van der Waals surface area contributed by atoms with Crippen molar-refractivity contribution in [1.29, 1.82) is 0 Å². The number of urea groups is 1. The van der Waals surface area contributed by atoms with Gasteiger partial charge in [0.2, 0.25) is 5.91 Å². The van der Waals surface area contributed by atoms with Crippen LogP contribution >= 0.6 is 11.8 Å². The Bertz CT molecular complexity index is 1340. The first-order valence-electron chi connectivity index (χ1n) is 14.1. The molecule has 3 saturated heterocycles. The quantitative estimate of drug-likeness (QED) is 0.491.